The number of esters is 1. The average Bonchev–Trinajstić information content (AvgIpc) is 3.39. The van der Waals surface area contributed by atoms with Crippen LogP contribution in [0.5, 0.6) is 0 Å². The zero-order chi connectivity index (χ0) is 52.9. The van der Waals surface area contributed by atoms with Gasteiger partial charge in [-0.15, -0.1) is 0 Å². The summed E-state index contributed by atoms with van der Waals surface area (Å²) >= 11 is 0. The van der Waals surface area contributed by atoms with E-state index in [1.807, 2.05) is 6.08 Å². The van der Waals surface area contributed by atoms with Crippen molar-refractivity contribution in [3.8, 4) is 0 Å². The van der Waals surface area contributed by atoms with Crippen LogP contribution in [0.15, 0.2) is 36.5 Å². The van der Waals surface area contributed by atoms with Gasteiger partial charge in [-0.25, -0.2) is 0 Å². The summed E-state index contributed by atoms with van der Waals surface area (Å²) in [7, 11) is 0. The molecule has 0 aliphatic rings. The van der Waals surface area contributed by atoms with Crippen LogP contribution in [0.1, 0.15) is 354 Å². The number of rotatable bonds is 61. The van der Waals surface area contributed by atoms with Crippen molar-refractivity contribution in [2.24, 2.45) is 0 Å². The minimum absolute atomic E-state index is 0.0339. The molecular weight excluding hydrogens is 899 g/mol. The molecule has 0 fully saturated rings. The first-order valence-corrected chi connectivity index (χ1v) is 32.8. The summed E-state index contributed by atoms with van der Waals surface area (Å²) in [5.74, 6) is -0.103. The average molecular weight is 1030 g/mol. The Hall–Kier alpha value is -1.92. The number of amides is 1. The summed E-state index contributed by atoms with van der Waals surface area (Å²) in [5, 5.41) is 23.2. The zero-order valence-corrected chi connectivity index (χ0v) is 49.1. The highest BCUT2D eigenvalue weighted by atomic mass is 16.5. The Bertz CT molecular complexity index is 1180. The fourth-order valence-corrected chi connectivity index (χ4v) is 10.2. The summed E-state index contributed by atoms with van der Waals surface area (Å²) in [6.45, 7) is 4.82. The van der Waals surface area contributed by atoms with E-state index in [0.29, 0.717) is 19.4 Å². The second-order valence-corrected chi connectivity index (χ2v) is 22.5. The van der Waals surface area contributed by atoms with E-state index < -0.39 is 12.1 Å². The van der Waals surface area contributed by atoms with Gasteiger partial charge in [0.1, 0.15) is 0 Å². The molecule has 0 bridgehead atoms. The van der Waals surface area contributed by atoms with Crippen LogP contribution in [0.25, 0.3) is 0 Å². The zero-order valence-electron chi connectivity index (χ0n) is 49.1. The van der Waals surface area contributed by atoms with Gasteiger partial charge in [-0.3, -0.25) is 9.59 Å². The number of allylic oxidation sites excluding steroid dienone is 4. The molecule has 6 nitrogen and oxygen atoms in total. The van der Waals surface area contributed by atoms with Crippen molar-refractivity contribution in [3.05, 3.63) is 36.5 Å². The lowest BCUT2D eigenvalue weighted by molar-refractivity contribution is -0.143. The van der Waals surface area contributed by atoms with E-state index in [9.17, 15) is 19.8 Å². The molecule has 0 heterocycles. The Morgan fingerprint density at radius 2 is 0.685 bits per heavy atom. The minimum atomic E-state index is -0.849. The van der Waals surface area contributed by atoms with Crippen molar-refractivity contribution in [1.82, 2.24) is 5.32 Å². The molecule has 0 aromatic carbocycles. The molecule has 0 rings (SSSR count). The lowest BCUT2D eigenvalue weighted by Crippen LogP contribution is -2.45. The monoisotopic (exact) mass is 1030 g/mol. The molecule has 430 valence electrons. The molecule has 2 atom stereocenters. The van der Waals surface area contributed by atoms with Crippen LogP contribution in [-0.4, -0.2) is 47.4 Å². The Balaban J connectivity index is 3.48. The normalized spacial score (nSPS) is 12.8. The molecule has 1 amide bonds. The Kier molecular flexibility index (Phi) is 61.0. The summed E-state index contributed by atoms with van der Waals surface area (Å²) < 4.78 is 5.41. The van der Waals surface area contributed by atoms with Gasteiger partial charge in [-0.05, 0) is 51.4 Å². The fraction of sp³-hybridized carbons (Fsp3) is 0.881. The van der Waals surface area contributed by atoms with E-state index in [4.69, 9.17) is 4.74 Å². The third-order valence-electron chi connectivity index (χ3n) is 15.2. The van der Waals surface area contributed by atoms with Crippen molar-refractivity contribution in [2.75, 3.05) is 13.2 Å². The van der Waals surface area contributed by atoms with Crippen molar-refractivity contribution in [3.63, 3.8) is 0 Å². The molecule has 0 aliphatic heterocycles. The third-order valence-corrected chi connectivity index (χ3v) is 15.2. The Morgan fingerprint density at radius 1 is 0.384 bits per heavy atom. The number of unbranched alkanes of at least 4 members (excludes halogenated alkanes) is 46. The second kappa shape index (κ2) is 62.6. The highest BCUT2D eigenvalue weighted by Crippen LogP contribution is 2.18. The van der Waals surface area contributed by atoms with Crippen molar-refractivity contribution < 1.29 is 24.5 Å². The maximum Gasteiger partial charge on any atom is 0.305 e. The van der Waals surface area contributed by atoms with Crippen LogP contribution in [0.2, 0.25) is 0 Å². The molecule has 0 radical (unpaired) electrons. The molecular formula is C67H127NO5. The molecule has 3 N–H and O–H groups in total. The molecule has 0 aromatic rings. The van der Waals surface area contributed by atoms with Crippen LogP contribution < -0.4 is 5.32 Å². The van der Waals surface area contributed by atoms with Crippen LogP contribution in [0, 0.1) is 0 Å². The number of carbonyl (C=O) groups is 2. The predicted molar refractivity (Wildman–Crippen MR) is 319 cm³/mol. The third kappa shape index (κ3) is 59.2. The number of hydrogen-bond donors (Lipinski definition) is 3. The Morgan fingerprint density at radius 3 is 1.04 bits per heavy atom. The smallest absolute Gasteiger partial charge is 0.305 e. The first-order valence-electron chi connectivity index (χ1n) is 32.8. The van der Waals surface area contributed by atoms with E-state index in [1.54, 1.807) is 6.08 Å². The first-order chi connectivity index (χ1) is 36.0. The number of aliphatic hydroxyl groups is 2. The van der Waals surface area contributed by atoms with E-state index >= 15 is 0 Å². The van der Waals surface area contributed by atoms with Crippen LogP contribution >= 0.6 is 0 Å². The lowest BCUT2D eigenvalue weighted by atomic mass is 10.0. The number of nitrogens with one attached hydrogen (secondary N) is 1. The number of aliphatic hydroxyl groups excluding tert-OH is 2. The Labute approximate surface area is 455 Å². The molecule has 0 saturated heterocycles. The molecule has 0 aromatic heterocycles. The highest BCUT2D eigenvalue weighted by molar-refractivity contribution is 5.76. The topological polar surface area (TPSA) is 95.9 Å². The standard InChI is InChI=1S/C67H127NO5/c1-3-5-7-9-11-13-15-17-18-19-20-21-23-26-29-32-36-39-43-47-51-55-59-65(70)64(63-69)68-66(71)60-56-52-48-44-40-37-33-30-27-24-22-25-28-31-34-38-42-46-50-54-58-62-73-67(72)61-57-53-49-45-41-35-16-14-12-10-8-6-4-2/h38,42,50,54-55,59,64-65,69-70H,3-37,39-41,43-49,51-53,56-58,60-63H2,1-2H3,(H,68,71)/b42-38-,54-50-,59-55+. The van der Waals surface area contributed by atoms with Gasteiger partial charge < -0.3 is 20.3 Å². The molecule has 0 aliphatic carbocycles. The van der Waals surface area contributed by atoms with E-state index in [1.165, 1.54) is 276 Å². The van der Waals surface area contributed by atoms with Crippen LogP contribution in [-0.2, 0) is 14.3 Å². The van der Waals surface area contributed by atoms with E-state index in [0.717, 1.165) is 51.4 Å². The highest BCUT2D eigenvalue weighted by Gasteiger charge is 2.18. The van der Waals surface area contributed by atoms with Gasteiger partial charge in [0.2, 0.25) is 5.91 Å². The lowest BCUT2D eigenvalue weighted by Gasteiger charge is -2.20. The molecule has 6 heteroatoms. The maximum atomic E-state index is 12.5. The SMILES string of the molecule is CCCCCCCCCCCCCCCCCCCCCC/C=C/C(O)C(CO)NC(=O)CCCCCCCCCCCCCCCC/C=C\C/C=C\CCOC(=O)CCCCCCCCCCCCCCC. The van der Waals surface area contributed by atoms with E-state index in [2.05, 4.69) is 43.5 Å². The van der Waals surface area contributed by atoms with Gasteiger partial charge in [0.05, 0.1) is 25.4 Å². The fourth-order valence-electron chi connectivity index (χ4n) is 10.2. The van der Waals surface area contributed by atoms with Crippen molar-refractivity contribution >= 4 is 11.9 Å². The predicted octanol–water partition coefficient (Wildman–Crippen LogP) is 20.8. The van der Waals surface area contributed by atoms with Gasteiger partial charge in [0.15, 0.2) is 0 Å². The van der Waals surface area contributed by atoms with E-state index in [-0.39, 0.29) is 18.5 Å². The van der Waals surface area contributed by atoms with Crippen molar-refractivity contribution in [2.45, 2.75) is 366 Å². The number of hydrogen-bond acceptors (Lipinski definition) is 5. The number of carbonyl (C=O) groups excluding carboxylic acids is 2. The summed E-state index contributed by atoms with van der Waals surface area (Å²) in [6, 6.07) is -0.633. The summed E-state index contributed by atoms with van der Waals surface area (Å²) in [4.78, 5) is 24.5. The van der Waals surface area contributed by atoms with Gasteiger partial charge in [-0.1, -0.05) is 326 Å². The van der Waals surface area contributed by atoms with Crippen LogP contribution in [0.3, 0.4) is 0 Å². The molecule has 0 spiro atoms. The summed E-state index contributed by atoms with van der Waals surface area (Å²) in [6.07, 6.45) is 79.3. The maximum absolute atomic E-state index is 12.5. The number of ether oxygens (including phenoxy) is 1. The second-order valence-electron chi connectivity index (χ2n) is 22.5. The largest absolute Gasteiger partial charge is 0.465 e. The minimum Gasteiger partial charge on any atom is -0.465 e. The van der Waals surface area contributed by atoms with Gasteiger partial charge in [-0.2, -0.15) is 0 Å². The summed E-state index contributed by atoms with van der Waals surface area (Å²) in [5.41, 5.74) is 0. The van der Waals surface area contributed by atoms with Gasteiger partial charge in [0, 0.05) is 12.8 Å². The van der Waals surface area contributed by atoms with Crippen LogP contribution in [0.4, 0.5) is 0 Å². The van der Waals surface area contributed by atoms with Gasteiger partial charge in [0.25, 0.3) is 0 Å². The first kappa shape index (κ1) is 71.1. The molecule has 73 heavy (non-hydrogen) atoms. The molecule has 2 unspecified atom stereocenters. The quantitative estimate of drug-likeness (QED) is 0.0320. The van der Waals surface area contributed by atoms with Gasteiger partial charge >= 0.3 is 5.97 Å². The van der Waals surface area contributed by atoms with Crippen molar-refractivity contribution in [1.29, 1.82) is 0 Å². The molecule has 0 saturated carbocycles.